The SMILES string of the molecule is CCCCCCCCOP1OC(Cl)C(Cl)O1. The molecule has 16 heavy (non-hydrogen) atoms. The van der Waals surface area contributed by atoms with E-state index in [1.165, 1.54) is 32.1 Å². The Morgan fingerprint density at radius 3 is 2.19 bits per heavy atom. The van der Waals surface area contributed by atoms with Gasteiger partial charge in [0.2, 0.25) is 0 Å². The smallest absolute Gasteiger partial charge is 0.312 e. The van der Waals surface area contributed by atoms with Crippen LogP contribution >= 0.6 is 31.8 Å². The minimum absolute atomic E-state index is 0.586. The average molecular weight is 289 g/mol. The summed E-state index contributed by atoms with van der Waals surface area (Å²) in [6, 6.07) is 0. The quantitative estimate of drug-likeness (QED) is 0.366. The van der Waals surface area contributed by atoms with Crippen molar-refractivity contribution in [3.63, 3.8) is 0 Å². The molecule has 6 heteroatoms. The van der Waals surface area contributed by atoms with Crippen LogP contribution in [-0.2, 0) is 13.6 Å². The molecule has 0 aromatic rings. The van der Waals surface area contributed by atoms with Crippen molar-refractivity contribution in [3.8, 4) is 0 Å². The van der Waals surface area contributed by atoms with E-state index in [1.54, 1.807) is 0 Å². The summed E-state index contributed by atoms with van der Waals surface area (Å²) in [4.78, 5) is 0. The number of hydrogen-bond donors (Lipinski definition) is 0. The second-order valence-corrected chi connectivity index (χ2v) is 5.73. The Labute approximate surface area is 109 Å². The van der Waals surface area contributed by atoms with Crippen LogP contribution in [0.5, 0.6) is 0 Å². The minimum atomic E-state index is -1.32. The number of halogens is 2. The van der Waals surface area contributed by atoms with Crippen LogP contribution in [-0.4, -0.2) is 17.7 Å². The molecule has 1 heterocycles. The van der Waals surface area contributed by atoms with Gasteiger partial charge in [0.25, 0.3) is 0 Å². The van der Waals surface area contributed by atoms with E-state index >= 15 is 0 Å². The van der Waals surface area contributed by atoms with E-state index in [9.17, 15) is 0 Å². The van der Waals surface area contributed by atoms with Crippen LogP contribution < -0.4 is 0 Å². The van der Waals surface area contributed by atoms with Gasteiger partial charge in [-0.1, -0.05) is 62.2 Å². The third kappa shape index (κ3) is 6.00. The van der Waals surface area contributed by atoms with Gasteiger partial charge in [0, 0.05) is 0 Å². The Morgan fingerprint density at radius 2 is 1.56 bits per heavy atom. The second kappa shape index (κ2) is 8.91. The maximum atomic E-state index is 5.71. The molecular weight excluding hydrogens is 270 g/mol. The summed E-state index contributed by atoms with van der Waals surface area (Å²) in [6.07, 6.45) is 7.41. The zero-order chi connectivity index (χ0) is 11.8. The van der Waals surface area contributed by atoms with Crippen LogP contribution in [0, 0.1) is 0 Å². The monoisotopic (exact) mass is 288 g/mol. The molecule has 0 aromatic carbocycles. The van der Waals surface area contributed by atoms with E-state index in [1.807, 2.05) is 0 Å². The molecule has 2 unspecified atom stereocenters. The van der Waals surface area contributed by atoms with Crippen molar-refractivity contribution in [1.29, 1.82) is 0 Å². The predicted molar refractivity (Wildman–Crippen MR) is 67.7 cm³/mol. The molecule has 0 N–H and O–H groups in total. The van der Waals surface area contributed by atoms with Crippen molar-refractivity contribution in [2.24, 2.45) is 0 Å². The van der Waals surface area contributed by atoms with Gasteiger partial charge in [-0.05, 0) is 6.42 Å². The highest BCUT2D eigenvalue weighted by Crippen LogP contribution is 2.51. The number of rotatable bonds is 8. The lowest BCUT2D eigenvalue weighted by atomic mass is 10.1. The molecule has 1 rings (SSSR count). The molecule has 0 saturated carbocycles. The lowest BCUT2D eigenvalue weighted by Crippen LogP contribution is -2.07. The van der Waals surface area contributed by atoms with Crippen LogP contribution in [0.15, 0.2) is 0 Å². The van der Waals surface area contributed by atoms with Crippen LogP contribution in [0.25, 0.3) is 0 Å². The summed E-state index contributed by atoms with van der Waals surface area (Å²) in [5, 5.41) is 0. The standard InChI is InChI=1S/C10H19Cl2O3P/c1-2-3-4-5-6-7-8-13-16-14-9(11)10(12)15-16/h9-10H,2-8H2,1H3. The Kier molecular flexibility index (Phi) is 8.32. The van der Waals surface area contributed by atoms with Crippen molar-refractivity contribution in [3.05, 3.63) is 0 Å². The molecule has 0 spiro atoms. The molecule has 1 saturated heterocycles. The van der Waals surface area contributed by atoms with Gasteiger partial charge >= 0.3 is 8.60 Å². The first kappa shape index (κ1) is 14.9. The molecule has 0 aromatic heterocycles. The molecule has 1 fully saturated rings. The van der Waals surface area contributed by atoms with Crippen molar-refractivity contribution >= 4 is 31.8 Å². The molecule has 1 aliphatic heterocycles. The molecule has 2 atom stereocenters. The number of alkyl halides is 2. The zero-order valence-electron chi connectivity index (χ0n) is 9.53. The van der Waals surface area contributed by atoms with Crippen molar-refractivity contribution in [2.45, 2.75) is 56.6 Å². The second-order valence-electron chi connectivity index (χ2n) is 3.74. The Bertz CT molecular complexity index is 175. The van der Waals surface area contributed by atoms with E-state index in [4.69, 9.17) is 36.8 Å². The molecule has 0 amide bonds. The largest absolute Gasteiger partial charge is 0.335 e. The summed E-state index contributed by atoms with van der Waals surface area (Å²) < 4.78 is 15.7. The fourth-order valence-electron chi connectivity index (χ4n) is 1.37. The fourth-order valence-corrected chi connectivity index (χ4v) is 3.00. The third-order valence-corrected chi connectivity index (χ3v) is 4.48. The topological polar surface area (TPSA) is 27.7 Å². The molecule has 0 radical (unpaired) electrons. The lowest BCUT2D eigenvalue weighted by Gasteiger charge is -2.07. The summed E-state index contributed by atoms with van der Waals surface area (Å²) in [6.45, 7) is 2.87. The first-order valence-electron chi connectivity index (χ1n) is 5.78. The van der Waals surface area contributed by atoms with Gasteiger partial charge in [-0.25, -0.2) is 0 Å². The first-order valence-corrected chi connectivity index (χ1v) is 7.75. The molecule has 0 aliphatic carbocycles. The van der Waals surface area contributed by atoms with E-state index in [-0.39, 0.29) is 0 Å². The van der Waals surface area contributed by atoms with Gasteiger partial charge in [-0.2, -0.15) is 0 Å². The summed E-state index contributed by atoms with van der Waals surface area (Å²) in [7, 11) is -1.32. The van der Waals surface area contributed by atoms with Crippen LogP contribution in [0.1, 0.15) is 45.4 Å². The maximum absolute atomic E-state index is 5.71. The van der Waals surface area contributed by atoms with Gasteiger partial charge in [0.1, 0.15) is 0 Å². The van der Waals surface area contributed by atoms with E-state index in [2.05, 4.69) is 6.92 Å². The fraction of sp³-hybridized carbons (Fsp3) is 1.00. The minimum Gasteiger partial charge on any atom is -0.312 e. The summed E-state index contributed by atoms with van der Waals surface area (Å²) in [5.74, 6) is 0. The zero-order valence-corrected chi connectivity index (χ0v) is 11.9. The van der Waals surface area contributed by atoms with Gasteiger partial charge in [-0.3, -0.25) is 9.05 Å². The van der Waals surface area contributed by atoms with E-state index in [0.29, 0.717) is 6.61 Å². The highest BCUT2D eigenvalue weighted by atomic mass is 35.5. The Balaban J connectivity index is 1.88. The average Bonchev–Trinajstić information content (AvgIpc) is 2.57. The van der Waals surface area contributed by atoms with Crippen molar-refractivity contribution < 1.29 is 13.6 Å². The van der Waals surface area contributed by atoms with Gasteiger partial charge in [-0.15, -0.1) is 0 Å². The molecule has 3 nitrogen and oxygen atoms in total. The van der Waals surface area contributed by atoms with Gasteiger partial charge < -0.3 is 4.52 Å². The van der Waals surface area contributed by atoms with E-state index in [0.717, 1.165) is 6.42 Å². The van der Waals surface area contributed by atoms with Gasteiger partial charge in [0.05, 0.1) is 6.61 Å². The van der Waals surface area contributed by atoms with Crippen LogP contribution in [0.4, 0.5) is 0 Å². The maximum Gasteiger partial charge on any atom is 0.335 e. The third-order valence-electron chi connectivity index (χ3n) is 2.27. The van der Waals surface area contributed by atoms with Crippen molar-refractivity contribution in [1.82, 2.24) is 0 Å². The molecule has 96 valence electrons. The first-order chi connectivity index (χ1) is 7.74. The van der Waals surface area contributed by atoms with Crippen molar-refractivity contribution in [2.75, 3.05) is 6.61 Å². The molecule has 0 bridgehead atoms. The lowest BCUT2D eigenvalue weighted by molar-refractivity contribution is 0.236. The molecule has 1 aliphatic rings. The summed E-state index contributed by atoms with van der Waals surface area (Å²) in [5.41, 5.74) is -1.17. The Morgan fingerprint density at radius 1 is 1.00 bits per heavy atom. The normalized spacial score (nSPS) is 29.8. The highest BCUT2D eigenvalue weighted by Gasteiger charge is 2.35. The number of unbranched alkanes of at least 4 members (excludes halogenated alkanes) is 5. The number of hydrogen-bond acceptors (Lipinski definition) is 3. The van der Waals surface area contributed by atoms with Crippen LogP contribution in [0.2, 0.25) is 0 Å². The van der Waals surface area contributed by atoms with E-state index < -0.39 is 19.7 Å². The highest BCUT2D eigenvalue weighted by molar-refractivity contribution is 7.42. The van der Waals surface area contributed by atoms with Gasteiger partial charge in [0.15, 0.2) is 11.1 Å². The Hall–Kier alpha value is 0.890. The molecular formula is C10H19Cl2O3P. The summed E-state index contributed by atoms with van der Waals surface area (Å²) >= 11 is 11.4. The predicted octanol–water partition coefficient (Wildman–Crippen LogP) is 4.77. The van der Waals surface area contributed by atoms with Crippen LogP contribution in [0.3, 0.4) is 0 Å².